The predicted octanol–water partition coefficient (Wildman–Crippen LogP) is 5.71. The normalized spacial score (nSPS) is 10.5. The summed E-state index contributed by atoms with van der Waals surface area (Å²) in [4.78, 5) is 36.9. The number of hydrogen-bond acceptors (Lipinski definition) is 4. The SMILES string of the molecule is CC(=O)N(C(=O)N(c1ncccn1)c1c(Cl)cccc1Cl)c1c(C)cccc1C. The number of aryl methyl sites for hydroxylation is 2. The Hall–Kier alpha value is -2.96. The number of amides is 3. The number of anilines is 3. The van der Waals surface area contributed by atoms with Crippen molar-refractivity contribution in [2.24, 2.45) is 0 Å². The minimum Gasteiger partial charge on any atom is -0.274 e. The fourth-order valence-corrected chi connectivity index (χ4v) is 3.60. The first kappa shape index (κ1) is 20.8. The van der Waals surface area contributed by atoms with E-state index < -0.39 is 11.9 Å². The van der Waals surface area contributed by atoms with Crippen LogP contribution in [0.25, 0.3) is 0 Å². The maximum atomic E-state index is 13.7. The van der Waals surface area contributed by atoms with E-state index in [-0.39, 0.29) is 21.7 Å². The number of benzene rings is 2. The Morgan fingerprint density at radius 1 is 0.828 bits per heavy atom. The Labute approximate surface area is 178 Å². The van der Waals surface area contributed by atoms with Crippen LogP contribution in [0.3, 0.4) is 0 Å². The van der Waals surface area contributed by atoms with Crippen LogP contribution in [0.5, 0.6) is 0 Å². The van der Waals surface area contributed by atoms with E-state index in [0.29, 0.717) is 5.69 Å². The van der Waals surface area contributed by atoms with Crippen molar-refractivity contribution in [3.63, 3.8) is 0 Å². The highest BCUT2D eigenvalue weighted by Crippen LogP contribution is 2.38. The summed E-state index contributed by atoms with van der Waals surface area (Å²) >= 11 is 12.7. The highest BCUT2D eigenvalue weighted by Gasteiger charge is 2.33. The molecule has 0 aliphatic carbocycles. The highest BCUT2D eigenvalue weighted by molar-refractivity contribution is 6.40. The van der Waals surface area contributed by atoms with Crippen LogP contribution in [0.15, 0.2) is 54.9 Å². The van der Waals surface area contributed by atoms with Gasteiger partial charge in [0, 0.05) is 19.3 Å². The average Bonchev–Trinajstić information content (AvgIpc) is 2.68. The third-order valence-corrected chi connectivity index (χ3v) is 4.88. The zero-order valence-electron chi connectivity index (χ0n) is 16.1. The van der Waals surface area contributed by atoms with E-state index in [1.54, 1.807) is 24.3 Å². The summed E-state index contributed by atoms with van der Waals surface area (Å²) in [6.45, 7) is 4.98. The number of para-hydroxylation sites is 2. The molecule has 0 saturated carbocycles. The number of nitrogens with zero attached hydrogens (tertiary/aromatic N) is 4. The van der Waals surface area contributed by atoms with E-state index in [4.69, 9.17) is 23.2 Å². The maximum absolute atomic E-state index is 13.7. The van der Waals surface area contributed by atoms with Crippen LogP contribution in [-0.2, 0) is 4.79 Å². The molecule has 0 radical (unpaired) electrons. The number of imide groups is 1. The summed E-state index contributed by atoms with van der Waals surface area (Å²) in [5, 5.41) is 0.451. The number of carbonyl (C=O) groups excluding carboxylic acids is 2. The first-order chi connectivity index (χ1) is 13.8. The number of carbonyl (C=O) groups is 2. The van der Waals surface area contributed by atoms with Gasteiger partial charge in [-0.25, -0.2) is 24.6 Å². The molecule has 0 unspecified atom stereocenters. The molecule has 8 heteroatoms. The van der Waals surface area contributed by atoms with E-state index >= 15 is 0 Å². The first-order valence-electron chi connectivity index (χ1n) is 8.75. The van der Waals surface area contributed by atoms with E-state index in [2.05, 4.69) is 9.97 Å². The lowest BCUT2D eigenvalue weighted by Gasteiger charge is -2.30. The number of halogens is 2. The second-order valence-electron chi connectivity index (χ2n) is 6.33. The lowest BCUT2D eigenvalue weighted by Crippen LogP contribution is -2.45. The Balaban J connectivity index is 2.25. The molecule has 0 bridgehead atoms. The molecule has 6 nitrogen and oxygen atoms in total. The van der Waals surface area contributed by atoms with Crippen molar-refractivity contribution in [2.45, 2.75) is 20.8 Å². The molecule has 0 fully saturated rings. The first-order valence-corrected chi connectivity index (χ1v) is 9.50. The molecule has 3 rings (SSSR count). The van der Waals surface area contributed by atoms with Gasteiger partial charge < -0.3 is 0 Å². The molecule has 148 valence electrons. The van der Waals surface area contributed by atoms with Crippen LogP contribution in [0, 0.1) is 13.8 Å². The molecule has 0 atom stereocenters. The van der Waals surface area contributed by atoms with Crippen LogP contribution in [0.2, 0.25) is 10.0 Å². The largest absolute Gasteiger partial charge is 0.342 e. The van der Waals surface area contributed by atoms with Crippen LogP contribution >= 0.6 is 23.2 Å². The van der Waals surface area contributed by atoms with E-state index in [1.165, 1.54) is 19.3 Å². The molecule has 0 saturated heterocycles. The molecular formula is C21H18Cl2N4O2. The van der Waals surface area contributed by atoms with Crippen LogP contribution < -0.4 is 9.80 Å². The van der Waals surface area contributed by atoms with Gasteiger partial charge in [0.05, 0.1) is 21.4 Å². The molecule has 3 aromatic rings. The summed E-state index contributed by atoms with van der Waals surface area (Å²) in [6.07, 6.45) is 2.98. The van der Waals surface area contributed by atoms with E-state index in [9.17, 15) is 9.59 Å². The van der Waals surface area contributed by atoms with Gasteiger partial charge in [0.2, 0.25) is 11.9 Å². The van der Waals surface area contributed by atoms with Crippen LogP contribution in [0.4, 0.5) is 22.1 Å². The zero-order chi connectivity index (χ0) is 21.1. The van der Waals surface area contributed by atoms with Gasteiger partial charge in [0.15, 0.2) is 0 Å². The molecular weight excluding hydrogens is 411 g/mol. The fraction of sp³-hybridized carbons (Fsp3) is 0.143. The second-order valence-corrected chi connectivity index (χ2v) is 7.15. The lowest BCUT2D eigenvalue weighted by atomic mass is 10.1. The number of rotatable bonds is 3. The molecule has 0 aliphatic heterocycles. The maximum Gasteiger partial charge on any atom is 0.342 e. The van der Waals surface area contributed by atoms with Crippen molar-refractivity contribution in [3.05, 3.63) is 76.0 Å². The van der Waals surface area contributed by atoms with Gasteiger partial charge >= 0.3 is 6.03 Å². The van der Waals surface area contributed by atoms with Crippen LogP contribution in [0.1, 0.15) is 18.1 Å². The quantitative estimate of drug-likeness (QED) is 0.535. The van der Waals surface area contributed by atoms with Gasteiger partial charge in [0.25, 0.3) is 0 Å². The second kappa shape index (κ2) is 8.59. The van der Waals surface area contributed by atoms with Gasteiger partial charge in [-0.3, -0.25) is 4.79 Å². The highest BCUT2D eigenvalue weighted by atomic mass is 35.5. The van der Waals surface area contributed by atoms with Crippen molar-refractivity contribution in [1.82, 2.24) is 9.97 Å². The summed E-state index contributed by atoms with van der Waals surface area (Å²) < 4.78 is 0. The Morgan fingerprint density at radius 2 is 1.34 bits per heavy atom. The van der Waals surface area contributed by atoms with Crippen molar-refractivity contribution in [3.8, 4) is 0 Å². The van der Waals surface area contributed by atoms with Crippen molar-refractivity contribution >= 4 is 52.5 Å². The summed E-state index contributed by atoms with van der Waals surface area (Å²) in [5.41, 5.74) is 2.24. The van der Waals surface area contributed by atoms with Gasteiger partial charge in [-0.05, 0) is 43.2 Å². The van der Waals surface area contributed by atoms with Crippen molar-refractivity contribution in [1.29, 1.82) is 0 Å². The van der Waals surface area contributed by atoms with Crippen LogP contribution in [-0.4, -0.2) is 21.9 Å². The summed E-state index contributed by atoms with van der Waals surface area (Å²) in [5.74, 6) is -0.415. The third-order valence-electron chi connectivity index (χ3n) is 4.27. The molecule has 2 aromatic carbocycles. The molecule has 0 N–H and O–H groups in total. The molecule has 0 aliphatic rings. The predicted molar refractivity (Wildman–Crippen MR) is 115 cm³/mol. The standard InChI is InChI=1S/C21H18Cl2N4O2/c1-13-7-4-8-14(2)18(13)26(15(3)28)21(29)27(20-24-11-6-12-25-20)19-16(22)9-5-10-17(19)23/h4-12H,1-3H3. The zero-order valence-corrected chi connectivity index (χ0v) is 17.6. The summed E-state index contributed by atoms with van der Waals surface area (Å²) in [6, 6.07) is 11.3. The van der Waals surface area contributed by atoms with Gasteiger partial charge in [-0.2, -0.15) is 0 Å². The van der Waals surface area contributed by atoms with Gasteiger partial charge in [-0.15, -0.1) is 0 Å². The Kier molecular flexibility index (Phi) is 6.15. The Morgan fingerprint density at radius 3 is 1.86 bits per heavy atom. The lowest BCUT2D eigenvalue weighted by molar-refractivity contribution is -0.115. The minimum absolute atomic E-state index is 0.0463. The topological polar surface area (TPSA) is 66.4 Å². The minimum atomic E-state index is -0.684. The van der Waals surface area contributed by atoms with Gasteiger partial charge in [0.1, 0.15) is 0 Å². The monoisotopic (exact) mass is 428 g/mol. The fourth-order valence-electron chi connectivity index (χ4n) is 3.04. The third kappa shape index (κ3) is 4.09. The summed E-state index contributed by atoms with van der Waals surface area (Å²) in [7, 11) is 0. The molecule has 29 heavy (non-hydrogen) atoms. The Bertz CT molecular complexity index is 1030. The van der Waals surface area contributed by atoms with E-state index in [1.807, 2.05) is 32.0 Å². The smallest absolute Gasteiger partial charge is 0.274 e. The molecule has 3 amide bonds. The van der Waals surface area contributed by atoms with Crippen molar-refractivity contribution in [2.75, 3.05) is 9.80 Å². The molecule has 0 spiro atoms. The molecule has 1 aromatic heterocycles. The van der Waals surface area contributed by atoms with Crippen molar-refractivity contribution < 1.29 is 9.59 Å². The van der Waals surface area contributed by atoms with Gasteiger partial charge in [-0.1, -0.05) is 47.5 Å². The number of hydrogen-bond donors (Lipinski definition) is 0. The molecule has 1 heterocycles. The number of urea groups is 1. The number of aromatic nitrogens is 2. The van der Waals surface area contributed by atoms with E-state index in [0.717, 1.165) is 20.9 Å². The average molecular weight is 429 g/mol.